The largest absolute Gasteiger partial charge is 0.496 e. The molecule has 0 saturated heterocycles. The van der Waals surface area contributed by atoms with Crippen LogP contribution in [0, 0.1) is 0 Å². The van der Waals surface area contributed by atoms with E-state index in [0.717, 1.165) is 30.6 Å². The molecule has 2 amide bonds. The summed E-state index contributed by atoms with van der Waals surface area (Å²) in [5.41, 5.74) is 1.01. The van der Waals surface area contributed by atoms with Crippen LogP contribution in [0.5, 0.6) is 5.75 Å². The Kier molecular flexibility index (Phi) is 8.16. The summed E-state index contributed by atoms with van der Waals surface area (Å²) in [7, 11) is 3.47. The lowest BCUT2D eigenvalue weighted by Crippen LogP contribution is -2.29. The van der Waals surface area contributed by atoms with Crippen molar-refractivity contribution in [1.29, 1.82) is 0 Å². The average Bonchev–Trinajstić information content (AvgIpc) is 2.56. The maximum atomic E-state index is 12.3. The number of hydrogen-bond acceptors (Lipinski definition) is 3. The van der Waals surface area contributed by atoms with Crippen molar-refractivity contribution in [2.75, 3.05) is 20.7 Å². The van der Waals surface area contributed by atoms with Gasteiger partial charge >= 0.3 is 0 Å². The smallest absolute Gasteiger partial charge is 0.222 e. The van der Waals surface area contributed by atoms with Crippen LogP contribution in [0.2, 0.25) is 0 Å². The van der Waals surface area contributed by atoms with Gasteiger partial charge in [-0.2, -0.15) is 0 Å². The first-order valence-electron chi connectivity index (χ1n) is 8.10. The molecule has 0 aliphatic heterocycles. The molecule has 1 rings (SSSR count). The molecule has 0 aliphatic rings. The van der Waals surface area contributed by atoms with E-state index in [1.165, 1.54) is 6.92 Å². The summed E-state index contributed by atoms with van der Waals surface area (Å²) in [5, 5.41) is 2.76. The topological polar surface area (TPSA) is 58.6 Å². The molecule has 0 aliphatic carbocycles. The van der Waals surface area contributed by atoms with E-state index in [4.69, 9.17) is 4.74 Å². The Morgan fingerprint density at radius 3 is 2.57 bits per heavy atom. The van der Waals surface area contributed by atoms with Crippen molar-refractivity contribution in [3.8, 4) is 5.75 Å². The third-order valence-electron chi connectivity index (χ3n) is 4.00. The average molecular weight is 320 g/mol. The number of para-hydroxylation sites is 1. The quantitative estimate of drug-likeness (QED) is 0.712. The number of ether oxygens (including phenoxy) is 1. The molecule has 1 aromatic carbocycles. The van der Waals surface area contributed by atoms with Crippen LogP contribution in [-0.4, -0.2) is 37.4 Å². The van der Waals surface area contributed by atoms with Crippen LogP contribution in [0.15, 0.2) is 24.3 Å². The molecule has 5 nitrogen and oxygen atoms in total. The Morgan fingerprint density at radius 2 is 1.91 bits per heavy atom. The van der Waals surface area contributed by atoms with E-state index in [-0.39, 0.29) is 17.9 Å². The van der Waals surface area contributed by atoms with Gasteiger partial charge in [-0.05, 0) is 25.8 Å². The molecule has 0 radical (unpaired) electrons. The second-order valence-corrected chi connectivity index (χ2v) is 5.72. The number of methoxy groups -OCH3 is 1. The Hall–Kier alpha value is -2.04. The Bertz CT molecular complexity index is 517. The zero-order chi connectivity index (χ0) is 17.2. The van der Waals surface area contributed by atoms with E-state index in [1.54, 1.807) is 12.0 Å². The van der Waals surface area contributed by atoms with Crippen LogP contribution >= 0.6 is 0 Å². The van der Waals surface area contributed by atoms with E-state index >= 15 is 0 Å². The number of hydrogen-bond donors (Lipinski definition) is 1. The first-order chi connectivity index (χ1) is 11.0. The SMILES string of the molecule is COc1ccccc1C(C)N(C)C(=O)CCCCCNC(C)=O. The van der Waals surface area contributed by atoms with Crippen LogP contribution in [0.3, 0.4) is 0 Å². The molecule has 0 saturated carbocycles. The number of rotatable bonds is 9. The Labute approximate surface area is 139 Å². The molecule has 0 aromatic heterocycles. The molecular formula is C18H28N2O3. The van der Waals surface area contributed by atoms with Crippen molar-refractivity contribution in [3.63, 3.8) is 0 Å². The third kappa shape index (κ3) is 6.30. The van der Waals surface area contributed by atoms with Gasteiger partial charge in [0.25, 0.3) is 0 Å². The summed E-state index contributed by atoms with van der Waals surface area (Å²) in [6.07, 6.45) is 3.19. The van der Waals surface area contributed by atoms with Gasteiger partial charge in [0, 0.05) is 32.5 Å². The third-order valence-corrected chi connectivity index (χ3v) is 4.00. The van der Waals surface area contributed by atoms with Gasteiger partial charge in [-0.25, -0.2) is 0 Å². The molecule has 1 aromatic rings. The molecule has 128 valence electrons. The number of carbonyl (C=O) groups is 2. The summed E-state index contributed by atoms with van der Waals surface area (Å²) in [6, 6.07) is 7.74. The highest BCUT2D eigenvalue weighted by Crippen LogP contribution is 2.28. The zero-order valence-electron chi connectivity index (χ0n) is 14.6. The minimum atomic E-state index is -0.0296. The normalized spacial score (nSPS) is 11.7. The maximum absolute atomic E-state index is 12.3. The fourth-order valence-electron chi connectivity index (χ4n) is 2.45. The van der Waals surface area contributed by atoms with Gasteiger partial charge in [0.05, 0.1) is 13.2 Å². The number of amides is 2. The van der Waals surface area contributed by atoms with Crippen molar-refractivity contribution >= 4 is 11.8 Å². The molecular weight excluding hydrogens is 292 g/mol. The number of nitrogens with one attached hydrogen (secondary N) is 1. The van der Waals surface area contributed by atoms with E-state index in [9.17, 15) is 9.59 Å². The Morgan fingerprint density at radius 1 is 1.22 bits per heavy atom. The number of nitrogens with zero attached hydrogens (tertiary/aromatic N) is 1. The van der Waals surface area contributed by atoms with Crippen molar-refractivity contribution in [1.82, 2.24) is 10.2 Å². The van der Waals surface area contributed by atoms with Gasteiger partial charge < -0.3 is 15.0 Å². The highest BCUT2D eigenvalue weighted by Gasteiger charge is 2.19. The summed E-state index contributed by atoms with van der Waals surface area (Å²) in [4.78, 5) is 24.8. The minimum Gasteiger partial charge on any atom is -0.496 e. The summed E-state index contributed by atoms with van der Waals surface area (Å²) < 4.78 is 5.37. The van der Waals surface area contributed by atoms with Crippen molar-refractivity contribution < 1.29 is 14.3 Å². The maximum Gasteiger partial charge on any atom is 0.222 e. The van der Waals surface area contributed by atoms with Gasteiger partial charge in [-0.3, -0.25) is 9.59 Å². The molecule has 1 atom stereocenters. The lowest BCUT2D eigenvalue weighted by Gasteiger charge is -2.26. The Balaban J connectivity index is 2.42. The molecule has 0 fully saturated rings. The van der Waals surface area contributed by atoms with E-state index in [2.05, 4.69) is 5.32 Å². The van der Waals surface area contributed by atoms with E-state index in [1.807, 2.05) is 38.2 Å². The van der Waals surface area contributed by atoms with Crippen LogP contribution in [0.25, 0.3) is 0 Å². The molecule has 0 bridgehead atoms. The highest BCUT2D eigenvalue weighted by atomic mass is 16.5. The van der Waals surface area contributed by atoms with Crippen LogP contribution in [-0.2, 0) is 9.59 Å². The molecule has 1 unspecified atom stereocenters. The van der Waals surface area contributed by atoms with Crippen LogP contribution in [0.1, 0.15) is 51.1 Å². The van der Waals surface area contributed by atoms with Crippen molar-refractivity contribution in [3.05, 3.63) is 29.8 Å². The predicted molar refractivity (Wildman–Crippen MR) is 91.3 cm³/mol. The van der Waals surface area contributed by atoms with Gasteiger partial charge in [-0.1, -0.05) is 24.6 Å². The lowest BCUT2D eigenvalue weighted by molar-refractivity contribution is -0.132. The fourth-order valence-corrected chi connectivity index (χ4v) is 2.45. The standard InChI is InChI=1S/C18H28N2O3/c1-14(16-10-7-8-11-17(16)23-4)20(3)18(22)12-6-5-9-13-19-15(2)21/h7-8,10-11,14H,5-6,9,12-13H2,1-4H3,(H,19,21). The molecule has 0 spiro atoms. The van der Waals surface area contributed by atoms with Gasteiger partial charge in [0.1, 0.15) is 5.75 Å². The van der Waals surface area contributed by atoms with Gasteiger partial charge in [0.2, 0.25) is 11.8 Å². The predicted octanol–water partition coefficient (Wildman–Crippen LogP) is 2.91. The summed E-state index contributed by atoms with van der Waals surface area (Å²) >= 11 is 0. The monoisotopic (exact) mass is 320 g/mol. The summed E-state index contributed by atoms with van der Waals surface area (Å²) in [6.45, 7) is 4.20. The van der Waals surface area contributed by atoms with Crippen molar-refractivity contribution in [2.45, 2.75) is 45.6 Å². The lowest BCUT2D eigenvalue weighted by atomic mass is 10.1. The van der Waals surface area contributed by atoms with Gasteiger partial charge in [-0.15, -0.1) is 0 Å². The number of carbonyl (C=O) groups excluding carboxylic acids is 2. The van der Waals surface area contributed by atoms with Crippen LogP contribution < -0.4 is 10.1 Å². The van der Waals surface area contributed by atoms with E-state index < -0.39 is 0 Å². The zero-order valence-corrected chi connectivity index (χ0v) is 14.6. The second kappa shape index (κ2) is 9.87. The molecule has 1 N–H and O–H groups in total. The minimum absolute atomic E-state index is 0.00792. The molecule has 23 heavy (non-hydrogen) atoms. The fraction of sp³-hybridized carbons (Fsp3) is 0.556. The van der Waals surface area contributed by atoms with Crippen LogP contribution in [0.4, 0.5) is 0 Å². The number of benzene rings is 1. The first kappa shape index (κ1) is 19.0. The van der Waals surface area contributed by atoms with E-state index in [0.29, 0.717) is 13.0 Å². The first-order valence-corrected chi connectivity index (χ1v) is 8.10. The highest BCUT2D eigenvalue weighted by molar-refractivity contribution is 5.76. The molecule has 5 heteroatoms. The summed E-state index contributed by atoms with van der Waals surface area (Å²) in [5.74, 6) is 0.921. The molecule has 0 heterocycles. The van der Waals surface area contributed by atoms with Gasteiger partial charge in [0.15, 0.2) is 0 Å². The van der Waals surface area contributed by atoms with Crippen molar-refractivity contribution in [2.24, 2.45) is 0 Å². The second-order valence-electron chi connectivity index (χ2n) is 5.72. The number of unbranched alkanes of at least 4 members (excludes halogenated alkanes) is 2.